The van der Waals surface area contributed by atoms with Crippen LogP contribution >= 0.6 is 12.4 Å². The molecule has 3 rings (SSSR count). The summed E-state index contributed by atoms with van der Waals surface area (Å²) in [5.41, 5.74) is 7.71. The molecule has 2 aromatic rings. The zero-order chi connectivity index (χ0) is 13.9. The number of nitrogens with two attached hydrogens (primary N) is 1. The monoisotopic (exact) mass is 306 g/mol. The molecule has 21 heavy (non-hydrogen) atoms. The molecule has 1 amide bonds. The number of halogens is 1. The van der Waals surface area contributed by atoms with Crippen molar-refractivity contribution >= 4 is 24.0 Å². The highest BCUT2D eigenvalue weighted by Crippen LogP contribution is 2.25. The van der Waals surface area contributed by atoms with Crippen molar-refractivity contribution in [3.63, 3.8) is 0 Å². The number of carbonyl (C=O) groups is 1. The maximum Gasteiger partial charge on any atom is 0.229 e. The summed E-state index contributed by atoms with van der Waals surface area (Å²) >= 11 is 0. The molecule has 1 fully saturated rings. The second-order valence-corrected chi connectivity index (χ2v) is 5.19. The largest absolute Gasteiger partial charge is 0.327 e. The van der Waals surface area contributed by atoms with Crippen molar-refractivity contribution in [1.29, 1.82) is 0 Å². The number of rotatable bonds is 3. The van der Waals surface area contributed by atoms with E-state index in [0.29, 0.717) is 0 Å². The van der Waals surface area contributed by atoms with Crippen LogP contribution in [0.5, 0.6) is 0 Å². The Kier molecular flexibility index (Phi) is 4.98. The third-order valence-corrected chi connectivity index (χ3v) is 3.81. The molecular formula is C15H19ClN4O. The average molecular weight is 307 g/mol. The highest BCUT2D eigenvalue weighted by Gasteiger charge is 2.30. The summed E-state index contributed by atoms with van der Waals surface area (Å²) < 4.78 is 1.78. The van der Waals surface area contributed by atoms with E-state index in [0.717, 1.165) is 30.6 Å². The van der Waals surface area contributed by atoms with E-state index in [2.05, 4.69) is 10.4 Å². The molecule has 0 saturated heterocycles. The maximum atomic E-state index is 12.1. The molecular weight excluding hydrogens is 288 g/mol. The first-order chi connectivity index (χ1) is 9.74. The summed E-state index contributed by atoms with van der Waals surface area (Å²) in [7, 11) is 0. The molecule has 5 nitrogen and oxygen atoms in total. The summed E-state index contributed by atoms with van der Waals surface area (Å²) in [5.74, 6) is -0.0253. The first-order valence-electron chi connectivity index (χ1n) is 6.90. The van der Waals surface area contributed by atoms with Gasteiger partial charge in [0.1, 0.15) is 0 Å². The van der Waals surface area contributed by atoms with E-state index in [1.54, 1.807) is 10.9 Å². The molecule has 112 valence electrons. The summed E-state index contributed by atoms with van der Waals surface area (Å²) in [6.07, 6.45) is 6.48. The van der Waals surface area contributed by atoms with Crippen molar-refractivity contribution < 1.29 is 4.79 Å². The summed E-state index contributed by atoms with van der Waals surface area (Å²) in [5, 5.41) is 7.10. The highest BCUT2D eigenvalue weighted by molar-refractivity contribution is 5.93. The number of nitrogens with zero attached hydrogens (tertiary/aromatic N) is 2. The topological polar surface area (TPSA) is 72.9 Å². The van der Waals surface area contributed by atoms with Crippen molar-refractivity contribution in [2.24, 2.45) is 11.7 Å². The van der Waals surface area contributed by atoms with E-state index in [1.807, 2.05) is 36.5 Å². The van der Waals surface area contributed by atoms with Gasteiger partial charge in [-0.3, -0.25) is 4.79 Å². The molecule has 0 radical (unpaired) electrons. The van der Waals surface area contributed by atoms with Crippen LogP contribution in [0.1, 0.15) is 19.3 Å². The van der Waals surface area contributed by atoms with E-state index in [4.69, 9.17) is 5.73 Å². The number of hydrogen-bond donors (Lipinski definition) is 2. The summed E-state index contributed by atoms with van der Waals surface area (Å²) in [6, 6.07) is 9.49. The molecule has 2 atom stereocenters. The SMILES string of the molecule is Cl.NC1CCCC1C(=O)Nc1ccc(-n2cccn2)cc1. The van der Waals surface area contributed by atoms with Crippen LogP contribution in [0.4, 0.5) is 5.69 Å². The van der Waals surface area contributed by atoms with Crippen LogP contribution in [0.15, 0.2) is 42.7 Å². The number of hydrogen-bond acceptors (Lipinski definition) is 3. The highest BCUT2D eigenvalue weighted by atomic mass is 35.5. The molecule has 0 aliphatic heterocycles. The molecule has 1 aromatic heterocycles. The van der Waals surface area contributed by atoms with E-state index in [-0.39, 0.29) is 30.3 Å². The number of anilines is 1. The Morgan fingerprint density at radius 2 is 2.05 bits per heavy atom. The van der Waals surface area contributed by atoms with Gasteiger partial charge in [0.25, 0.3) is 0 Å². The van der Waals surface area contributed by atoms with E-state index >= 15 is 0 Å². The molecule has 1 heterocycles. The lowest BCUT2D eigenvalue weighted by atomic mass is 10.0. The number of amides is 1. The first-order valence-corrected chi connectivity index (χ1v) is 6.90. The predicted molar refractivity (Wildman–Crippen MR) is 84.8 cm³/mol. The van der Waals surface area contributed by atoms with Gasteiger partial charge in [0, 0.05) is 24.1 Å². The molecule has 0 bridgehead atoms. The van der Waals surface area contributed by atoms with Gasteiger partial charge >= 0.3 is 0 Å². The zero-order valence-electron chi connectivity index (χ0n) is 11.6. The molecule has 1 aliphatic rings. The number of carbonyl (C=O) groups excluding carboxylic acids is 1. The van der Waals surface area contributed by atoms with Crippen molar-refractivity contribution in [3.8, 4) is 5.69 Å². The van der Waals surface area contributed by atoms with Gasteiger partial charge in [-0.15, -0.1) is 12.4 Å². The fourth-order valence-corrected chi connectivity index (χ4v) is 2.67. The van der Waals surface area contributed by atoms with E-state index in [1.165, 1.54) is 0 Å². The van der Waals surface area contributed by atoms with Crippen molar-refractivity contribution in [2.45, 2.75) is 25.3 Å². The van der Waals surface area contributed by atoms with E-state index < -0.39 is 0 Å². The maximum absolute atomic E-state index is 12.1. The smallest absolute Gasteiger partial charge is 0.229 e. The molecule has 0 spiro atoms. The predicted octanol–water partition coefficient (Wildman–Crippen LogP) is 2.36. The van der Waals surface area contributed by atoms with Crippen LogP contribution in [0.25, 0.3) is 5.69 Å². The van der Waals surface area contributed by atoms with Gasteiger partial charge in [-0.1, -0.05) is 6.42 Å². The van der Waals surface area contributed by atoms with Gasteiger partial charge in [0.2, 0.25) is 5.91 Å². The lowest BCUT2D eigenvalue weighted by Crippen LogP contribution is -2.34. The van der Waals surface area contributed by atoms with Gasteiger partial charge in [0.15, 0.2) is 0 Å². The molecule has 3 N–H and O–H groups in total. The van der Waals surface area contributed by atoms with Gasteiger partial charge < -0.3 is 11.1 Å². The van der Waals surface area contributed by atoms with Crippen molar-refractivity contribution in [1.82, 2.24) is 9.78 Å². The average Bonchev–Trinajstić information content (AvgIpc) is 3.10. The van der Waals surface area contributed by atoms with Gasteiger partial charge in [-0.05, 0) is 43.2 Å². The molecule has 1 aromatic carbocycles. The van der Waals surface area contributed by atoms with Gasteiger partial charge in [-0.25, -0.2) is 4.68 Å². The van der Waals surface area contributed by atoms with Crippen LogP contribution < -0.4 is 11.1 Å². The fourth-order valence-electron chi connectivity index (χ4n) is 2.67. The zero-order valence-corrected chi connectivity index (χ0v) is 12.4. The Bertz CT molecular complexity index is 582. The standard InChI is InChI=1S/C15H18N4O.ClH/c16-14-4-1-3-13(14)15(20)18-11-5-7-12(8-6-11)19-10-2-9-17-19;/h2,5-10,13-14H,1,3-4,16H2,(H,18,20);1H. The van der Waals surface area contributed by atoms with Crippen LogP contribution in [0, 0.1) is 5.92 Å². The van der Waals surface area contributed by atoms with Crippen molar-refractivity contribution in [3.05, 3.63) is 42.7 Å². The Morgan fingerprint density at radius 1 is 1.29 bits per heavy atom. The Balaban J connectivity index is 0.00000161. The molecule has 1 aliphatic carbocycles. The van der Waals surface area contributed by atoms with Crippen LogP contribution in [-0.4, -0.2) is 21.7 Å². The normalized spacial score (nSPS) is 20.8. The second kappa shape index (κ2) is 6.74. The van der Waals surface area contributed by atoms with Crippen LogP contribution in [-0.2, 0) is 4.79 Å². The lowest BCUT2D eigenvalue weighted by Gasteiger charge is -2.15. The first kappa shape index (κ1) is 15.5. The van der Waals surface area contributed by atoms with Crippen molar-refractivity contribution in [2.75, 3.05) is 5.32 Å². The Morgan fingerprint density at radius 3 is 2.62 bits per heavy atom. The Labute approximate surface area is 129 Å². The summed E-state index contributed by atoms with van der Waals surface area (Å²) in [4.78, 5) is 12.1. The molecule has 2 unspecified atom stereocenters. The van der Waals surface area contributed by atoms with Gasteiger partial charge in [-0.2, -0.15) is 5.10 Å². The lowest BCUT2D eigenvalue weighted by molar-refractivity contribution is -0.120. The third kappa shape index (κ3) is 3.43. The minimum Gasteiger partial charge on any atom is -0.327 e. The van der Waals surface area contributed by atoms with Gasteiger partial charge in [0.05, 0.1) is 11.6 Å². The molecule has 6 heteroatoms. The number of aromatic nitrogens is 2. The minimum atomic E-state index is -0.0548. The molecule has 1 saturated carbocycles. The quantitative estimate of drug-likeness (QED) is 0.914. The second-order valence-electron chi connectivity index (χ2n) is 5.19. The Hall–Kier alpha value is -1.85. The van der Waals surface area contributed by atoms with Crippen LogP contribution in [0.3, 0.4) is 0 Å². The summed E-state index contributed by atoms with van der Waals surface area (Å²) in [6.45, 7) is 0. The fraction of sp³-hybridized carbons (Fsp3) is 0.333. The van der Waals surface area contributed by atoms with E-state index in [9.17, 15) is 4.79 Å². The van der Waals surface area contributed by atoms with Crippen LogP contribution in [0.2, 0.25) is 0 Å². The number of benzene rings is 1. The number of nitrogens with one attached hydrogen (secondary N) is 1. The third-order valence-electron chi connectivity index (χ3n) is 3.81. The minimum absolute atomic E-state index is 0.